The van der Waals surface area contributed by atoms with Gasteiger partial charge in [-0.2, -0.15) is 0 Å². The van der Waals surface area contributed by atoms with Gasteiger partial charge < -0.3 is 14.6 Å². The number of phenolic OH excluding ortho intramolecular Hbond substituents is 1. The molecule has 1 aliphatic carbocycles. The zero-order valence-electron chi connectivity index (χ0n) is 27.8. The molecule has 3 unspecified atom stereocenters. The molecular weight excluding hydrogens is 504 g/mol. The van der Waals surface area contributed by atoms with Gasteiger partial charge in [0.05, 0.1) is 6.10 Å². The molecule has 228 valence electrons. The summed E-state index contributed by atoms with van der Waals surface area (Å²) in [5, 5.41) is 9.90. The van der Waals surface area contributed by atoms with E-state index >= 15 is 0 Å². The van der Waals surface area contributed by atoms with Crippen molar-refractivity contribution in [1.82, 2.24) is 0 Å². The molecule has 0 aromatic heterocycles. The lowest BCUT2D eigenvalue weighted by atomic mass is 9.60. The number of aromatic hydroxyl groups is 1. The highest BCUT2D eigenvalue weighted by molar-refractivity contribution is 5.30. The molecule has 0 bridgehead atoms. The van der Waals surface area contributed by atoms with Crippen LogP contribution in [-0.4, -0.2) is 17.5 Å². The van der Waals surface area contributed by atoms with Crippen molar-refractivity contribution < 1.29 is 14.6 Å². The third kappa shape index (κ3) is 10.2. The minimum atomic E-state index is -0.277. The summed E-state index contributed by atoms with van der Waals surface area (Å²) in [6.45, 7) is 23.4. The van der Waals surface area contributed by atoms with Crippen molar-refractivity contribution in [3.63, 3.8) is 0 Å². The zero-order valence-corrected chi connectivity index (χ0v) is 27.8. The van der Waals surface area contributed by atoms with Gasteiger partial charge in [0.1, 0.15) is 5.75 Å². The van der Waals surface area contributed by atoms with Crippen molar-refractivity contribution in [3.8, 4) is 11.5 Å². The molecule has 3 rings (SSSR count). The average Bonchev–Trinajstić information content (AvgIpc) is 2.86. The van der Waals surface area contributed by atoms with Crippen molar-refractivity contribution in [2.75, 3.05) is 0 Å². The first-order valence-corrected chi connectivity index (χ1v) is 16.1. The van der Waals surface area contributed by atoms with Crippen molar-refractivity contribution in [3.05, 3.63) is 59.7 Å². The van der Waals surface area contributed by atoms with E-state index in [9.17, 15) is 5.11 Å². The summed E-state index contributed by atoms with van der Waals surface area (Å²) in [6.07, 6.45) is 9.43. The average molecular weight is 563 g/mol. The van der Waals surface area contributed by atoms with Crippen LogP contribution in [0.25, 0.3) is 0 Å². The molecule has 0 spiro atoms. The zero-order chi connectivity index (χ0) is 30.4. The summed E-state index contributed by atoms with van der Waals surface area (Å²) in [4.78, 5) is 0. The fourth-order valence-electron chi connectivity index (χ4n) is 7.28. The normalized spacial score (nSPS) is 17.6. The summed E-state index contributed by atoms with van der Waals surface area (Å²) in [6, 6.07) is 18.9. The predicted molar refractivity (Wildman–Crippen MR) is 171 cm³/mol. The van der Waals surface area contributed by atoms with Crippen molar-refractivity contribution in [2.24, 2.45) is 22.2 Å². The fraction of sp³-hybridized carbons (Fsp3) is 0.684. The van der Waals surface area contributed by atoms with Crippen LogP contribution >= 0.6 is 0 Å². The predicted octanol–water partition coefficient (Wildman–Crippen LogP) is 10.9. The highest BCUT2D eigenvalue weighted by Gasteiger charge is 2.39. The molecule has 0 aliphatic heterocycles. The molecule has 1 aliphatic rings. The number of hydrogen-bond donors (Lipinski definition) is 1. The molecule has 1 saturated carbocycles. The van der Waals surface area contributed by atoms with Gasteiger partial charge >= 0.3 is 0 Å². The van der Waals surface area contributed by atoms with E-state index in [1.165, 1.54) is 30.4 Å². The van der Waals surface area contributed by atoms with Crippen LogP contribution in [0.5, 0.6) is 11.5 Å². The molecule has 3 nitrogen and oxygen atoms in total. The van der Waals surface area contributed by atoms with Crippen LogP contribution in [0.3, 0.4) is 0 Å². The van der Waals surface area contributed by atoms with Crippen LogP contribution in [0.1, 0.15) is 144 Å². The monoisotopic (exact) mass is 562 g/mol. The highest BCUT2D eigenvalue weighted by Crippen LogP contribution is 2.51. The lowest BCUT2D eigenvalue weighted by Gasteiger charge is -2.44. The minimum absolute atomic E-state index is 0.0831. The second kappa shape index (κ2) is 13.9. The van der Waals surface area contributed by atoms with Gasteiger partial charge in [0.2, 0.25) is 0 Å². The lowest BCUT2D eigenvalue weighted by molar-refractivity contribution is -0.116. The summed E-state index contributed by atoms with van der Waals surface area (Å²) < 4.78 is 12.2. The van der Waals surface area contributed by atoms with Crippen molar-refractivity contribution in [1.29, 1.82) is 0 Å². The Morgan fingerprint density at radius 3 is 2.00 bits per heavy atom. The van der Waals surface area contributed by atoms with Crippen LogP contribution in [0.2, 0.25) is 0 Å². The first-order chi connectivity index (χ1) is 19.1. The largest absolute Gasteiger partial charge is 0.508 e. The van der Waals surface area contributed by atoms with E-state index in [4.69, 9.17) is 9.47 Å². The lowest BCUT2D eigenvalue weighted by Crippen LogP contribution is -2.33. The van der Waals surface area contributed by atoms with Gasteiger partial charge in [-0.05, 0) is 109 Å². The van der Waals surface area contributed by atoms with E-state index in [0.29, 0.717) is 35.4 Å². The van der Waals surface area contributed by atoms with Crippen LogP contribution in [0, 0.1) is 34.3 Å². The summed E-state index contributed by atoms with van der Waals surface area (Å²) in [5.41, 5.74) is 2.81. The number of ether oxygens (including phenoxy) is 2. The van der Waals surface area contributed by atoms with Crippen LogP contribution in [0.4, 0.5) is 0 Å². The van der Waals surface area contributed by atoms with Crippen molar-refractivity contribution >= 4 is 0 Å². The molecule has 3 heteroatoms. The van der Waals surface area contributed by atoms with Gasteiger partial charge in [0.25, 0.3) is 0 Å². The Hall–Kier alpha value is -2.18. The SMILES string of the molecule is CC(C)CC(c1ccc(O)cc1)C(C)(C)CC(C)(C)CC(c1c#cc(OC(C)OC2CCCCC2)cc1)C(C)(C)C. The Morgan fingerprint density at radius 2 is 1.46 bits per heavy atom. The number of benzene rings is 1. The van der Waals surface area contributed by atoms with Crippen LogP contribution in [-0.2, 0) is 4.74 Å². The number of hydrogen-bond acceptors (Lipinski definition) is 3. The van der Waals surface area contributed by atoms with E-state index in [1.54, 1.807) is 0 Å². The summed E-state index contributed by atoms with van der Waals surface area (Å²) in [7, 11) is 0. The molecule has 3 atom stereocenters. The Morgan fingerprint density at radius 1 is 0.829 bits per heavy atom. The molecule has 2 aromatic carbocycles. The Bertz CT molecular complexity index is 1040. The smallest absolute Gasteiger partial charge is 0.198 e. The first-order valence-electron chi connectivity index (χ1n) is 16.1. The van der Waals surface area contributed by atoms with Gasteiger partial charge in [0, 0.05) is 5.56 Å². The van der Waals surface area contributed by atoms with E-state index in [1.807, 2.05) is 25.1 Å². The molecule has 0 amide bonds. The fourth-order valence-corrected chi connectivity index (χ4v) is 7.28. The van der Waals surface area contributed by atoms with Gasteiger partial charge in [-0.15, -0.1) is 0 Å². The quantitative estimate of drug-likeness (QED) is 0.247. The summed E-state index contributed by atoms with van der Waals surface area (Å²) >= 11 is 0. The van der Waals surface area contributed by atoms with E-state index in [2.05, 4.69) is 92.6 Å². The standard InChI is InChI=1S/C38H58O3/c1-27(2)24-34(29-16-20-31(39)21-17-29)38(9,10)26-37(7,8)25-35(36(4,5)6)30-18-22-33(23-19-30)41-28(3)40-32-14-12-11-13-15-32/h16-18,20-22,27-28,32,34-35,39H,11-15,24-26H2,1-10H3. The maximum atomic E-state index is 9.90. The molecule has 41 heavy (non-hydrogen) atoms. The van der Waals surface area contributed by atoms with Gasteiger partial charge in [-0.1, -0.05) is 99.8 Å². The third-order valence-electron chi connectivity index (χ3n) is 9.03. The highest BCUT2D eigenvalue weighted by atomic mass is 16.7. The van der Waals surface area contributed by atoms with Gasteiger partial charge in [0.15, 0.2) is 12.0 Å². The number of rotatable bonds is 13. The van der Waals surface area contributed by atoms with Gasteiger partial charge in [-0.25, -0.2) is 0 Å². The molecule has 0 radical (unpaired) electrons. The topological polar surface area (TPSA) is 38.7 Å². The minimum Gasteiger partial charge on any atom is -0.508 e. The maximum absolute atomic E-state index is 9.90. The second-order valence-corrected chi connectivity index (χ2v) is 15.7. The molecule has 1 N–H and O–H groups in total. The van der Waals surface area contributed by atoms with Crippen molar-refractivity contribution in [2.45, 2.75) is 145 Å². The molecule has 2 aromatic rings. The molecule has 1 fully saturated rings. The molecule has 0 heterocycles. The Labute approximate surface area is 252 Å². The van der Waals surface area contributed by atoms with E-state index in [-0.39, 0.29) is 22.5 Å². The van der Waals surface area contributed by atoms with Gasteiger partial charge in [-0.3, -0.25) is 0 Å². The van der Waals surface area contributed by atoms with E-state index in [0.717, 1.165) is 32.1 Å². The van der Waals surface area contributed by atoms with Crippen LogP contribution < -0.4 is 4.74 Å². The third-order valence-corrected chi connectivity index (χ3v) is 9.03. The Kier molecular flexibility index (Phi) is 11.3. The first kappa shape index (κ1) is 33.3. The molecule has 0 saturated heterocycles. The number of phenols is 1. The second-order valence-electron chi connectivity index (χ2n) is 15.7. The maximum Gasteiger partial charge on any atom is 0.198 e. The summed E-state index contributed by atoms with van der Waals surface area (Å²) in [5.74, 6) is 2.39. The van der Waals surface area contributed by atoms with E-state index < -0.39 is 0 Å². The van der Waals surface area contributed by atoms with Crippen LogP contribution in [0.15, 0.2) is 36.4 Å². The Balaban J connectivity index is 1.73. The molecular formula is C38H58O3.